The molecule has 36 heteroatoms. The summed E-state index contributed by atoms with van der Waals surface area (Å²) in [5.41, 5.74) is 0. The third kappa shape index (κ3) is 65.3. The van der Waals surface area contributed by atoms with E-state index in [9.17, 15) is 98.3 Å². The molecule has 138 heavy (non-hydrogen) atoms. The number of hydrogen-bond acceptors (Lipinski definition) is 28. The Morgan fingerprint density at radius 1 is 0.333 bits per heavy atom. The second kappa shape index (κ2) is 81.9. The van der Waals surface area contributed by atoms with Crippen LogP contribution in [0.5, 0.6) is 0 Å². The number of aliphatic hydroxyl groups excluding tert-OH is 8. The molecule has 2 saturated heterocycles. The number of carbonyl (C=O) groups excluding carboxylic acids is 8. The number of aliphatic hydroxyl groups is 8. The number of amides is 2. The van der Waals surface area contributed by atoms with Gasteiger partial charge < -0.3 is 109 Å². The van der Waals surface area contributed by atoms with Gasteiger partial charge >= 0.3 is 45.5 Å². The molecule has 0 aromatic rings. The first-order chi connectivity index (χ1) is 66.2. The molecule has 2 fully saturated rings. The van der Waals surface area contributed by atoms with E-state index in [4.69, 9.17) is 46.9 Å². The number of Topliss-reactive ketones (excluding diaryl/α,β-unsaturated/α-hetero) is 1. The van der Waals surface area contributed by atoms with E-state index in [1.165, 1.54) is 19.3 Å². The molecule has 2 rings (SSSR count). The van der Waals surface area contributed by atoms with Crippen molar-refractivity contribution in [1.82, 2.24) is 10.6 Å². The Balaban J connectivity index is 3.13. The molecule has 810 valence electrons. The normalized spacial score (nSPS) is 20.3. The van der Waals surface area contributed by atoms with Crippen LogP contribution in [0.3, 0.4) is 0 Å². The van der Waals surface area contributed by atoms with Crippen molar-refractivity contribution in [2.45, 2.75) is 582 Å². The first-order valence-corrected chi connectivity index (χ1v) is 57.1. The lowest BCUT2D eigenvalue weighted by atomic mass is 9.95. The molecule has 0 bridgehead atoms. The quantitative estimate of drug-likeness (QED) is 0.00884. The molecular formula is C102H190N2O32P2. The molecule has 2 amide bonds. The Morgan fingerprint density at radius 2 is 0.652 bits per heavy atom. The van der Waals surface area contributed by atoms with Crippen LogP contribution in [0.2, 0.25) is 0 Å². The van der Waals surface area contributed by atoms with Gasteiger partial charge in [0.05, 0.1) is 57.2 Å². The zero-order chi connectivity index (χ0) is 102. The Morgan fingerprint density at radius 3 is 1.04 bits per heavy atom. The number of rotatable bonds is 92. The van der Waals surface area contributed by atoms with Crippen LogP contribution >= 0.6 is 15.6 Å². The van der Waals surface area contributed by atoms with Crippen LogP contribution in [0.1, 0.15) is 472 Å². The summed E-state index contributed by atoms with van der Waals surface area (Å²) in [6.45, 7) is 9.17. The topological polar surface area (TPSA) is 530 Å². The largest absolute Gasteiger partial charge is 0.472 e. The second-order valence-electron chi connectivity index (χ2n) is 38.9. The van der Waals surface area contributed by atoms with Crippen molar-refractivity contribution in [3.63, 3.8) is 0 Å². The zero-order valence-electron chi connectivity index (χ0n) is 85.3. The fraction of sp³-hybridized carbons (Fsp3) is 0.922. The highest BCUT2D eigenvalue weighted by atomic mass is 31.2. The summed E-state index contributed by atoms with van der Waals surface area (Å²) >= 11 is 0. The van der Waals surface area contributed by atoms with Crippen molar-refractivity contribution in [3.05, 3.63) is 0 Å². The molecule has 34 nitrogen and oxygen atoms in total. The number of unbranched alkanes of at least 4 members (excludes halogenated alkanes) is 50. The van der Waals surface area contributed by atoms with Crippen LogP contribution in [-0.4, -0.2) is 238 Å². The lowest BCUT2D eigenvalue weighted by Crippen LogP contribution is -2.68. The van der Waals surface area contributed by atoms with E-state index >= 15 is 9.59 Å². The minimum Gasteiger partial charge on any atom is -0.462 e. The van der Waals surface area contributed by atoms with Gasteiger partial charge in [-0.1, -0.05) is 375 Å². The predicted molar refractivity (Wildman–Crippen MR) is 525 cm³/mol. The highest BCUT2D eigenvalue weighted by Crippen LogP contribution is 2.45. The van der Waals surface area contributed by atoms with Gasteiger partial charge in [-0.05, 0) is 51.4 Å². The number of phosphoric acid groups is 2. The Kier molecular flexibility index (Phi) is 77.0. The van der Waals surface area contributed by atoms with Crippen molar-refractivity contribution in [2.24, 2.45) is 0 Å². The van der Waals surface area contributed by atoms with Crippen molar-refractivity contribution < 1.29 is 155 Å². The monoisotopic (exact) mass is 2020 g/mol. The van der Waals surface area contributed by atoms with Gasteiger partial charge in [-0.25, -0.2) is 13.9 Å². The van der Waals surface area contributed by atoms with Gasteiger partial charge in [0.1, 0.15) is 73.6 Å². The number of hydrogen-bond donors (Lipinski definition) is 14. The number of esters is 5. The van der Waals surface area contributed by atoms with E-state index in [0.717, 1.165) is 283 Å². The summed E-state index contributed by atoms with van der Waals surface area (Å²) in [5, 5.41) is 91.9. The average molecular weight is 2020 g/mol. The SMILES string of the molecule is CCCCCCCCCCCCCC(=O)O[C@H](CCCCCCCCCCC)CC(=O)O[C@@H]1[C@@H](NC(=O)C[C@@H](CCCCCCCCCCC)OC(=O)CCCCCCCCCCC)[C@H](OC[C@H]2O[C@H](OP(=O)(O)O)[C@H](NC(=O)C[C@H](O)CCCCCCCCCCC)[C@@H](OC(=O)C[C@H](O)CCCCCCCCCCC)[C@@H]2O)O[C@H](COC(=O)C(=O)C[C@@H](O)[C@@H](O)[C@H](O)[C@H](O)CO)[C@H]1OP(=O)(O)O. The molecule has 0 unspecified atom stereocenters. The number of nitrogens with one attached hydrogen (secondary N) is 2. The Bertz CT molecular complexity index is 3210. The summed E-state index contributed by atoms with van der Waals surface area (Å²) in [6.07, 6.45) is 17.0. The van der Waals surface area contributed by atoms with Crippen LogP contribution in [0, 0.1) is 0 Å². The zero-order valence-corrected chi connectivity index (χ0v) is 87.1. The third-order valence-electron chi connectivity index (χ3n) is 26.0. The van der Waals surface area contributed by atoms with Gasteiger partial charge in [-0.3, -0.25) is 42.6 Å². The summed E-state index contributed by atoms with van der Waals surface area (Å²) < 4.78 is 86.6. The first kappa shape index (κ1) is 130. The van der Waals surface area contributed by atoms with Crippen molar-refractivity contribution in [1.29, 1.82) is 0 Å². The molecule has 0 aromatic heterocycles. The van der Waals surface area contributed by atoms with Gasteiger partial charge in [-0.2, -0.15) is 0 Å². The molecule has 0 aliphatic carbocycles. The minimum absolute atomic E-state index is 0.00345. The van der Waals surface area contributed by atoms with E-state index in [2.05, 4.69) is 52.2 Å². The van der Waals surface area contributed by atoms with E-state index < -0.39 is 225 Å². The molecule has 14 N–H and O–H groups in total. The molecular weight excluding hydrogens is 1830 g/mol. The van der Waals surface area contributed by atoms with E-state index in [1.54, 1.807) is 0 Å². The van der Waals surface area contributed by atoms with Crippen molar-refractivity contribution >= 4 is 63.1 Å². The maximum absolute atomic E-state index is 15.5. The maximum atomic E-state index is 15.5. The summed E-state index contributed by atoms with van der Waals surface area (Å²) in [4.78, 5) is 158. The van der Waals surface area contributed by atoms with Crippen LogP contribution in [0.15, 0.2) is 0 Å². The molecule has 0 aromatic carbocycles. The van der Waals surface area contributed by atoms with E-state index in [1.807, 2.05) is 0 Å². The second-order valence-corrected chi connectivity index (χ2v) is 41.3. The molecule has 0 saturated carbocycles. The summed E-state index contributed by atoms with van der Waals surface area (Å²) in [7, 11) is -11.8. The molecule has 0 radical (unpaired) electrons. The van der Waals surface area contributed by atoms with Crippen LogP contribution < -0.4 is 10.6 Å². The molecule has 0 spiro atoms. The van der Waals surface area contributed by atoms with Gasteiger partial charge in [0.15, 0.2) is 24.8 Å². The molecule has 2 heterocycles. The van der Waals surface area contributed by atoms with Crippen molar-refractivity contribution in [2.75, 3.05) is 19.8 Å². The Hall–Kier alpha value is -4.26. The van der Waals surface area contributed by atoms with Gasteiger partial charge in [-0.15, -0.1) is 0 Å². The van der Waals surface area contributed by atoms with Crippen molar-refractivity contribution in [3.8, 4) is 0 Å². The lowest BCUT2D eigenvalue weighted by molar-refractivity contribution is -0.297. The highest BCUT2D eigenvalue weighted by Gasteiger charge is 2.56. The maximum Gasteiger partial charge on any atom is 0.472 e. The fourth-order valence-corrected chi connectivity index (χ4v) is 18.8. The average Bonchev–Trinajstić information content (AvgIpc) is 0.773. The third-order valence-corrected chi connectivity index (χ3v) is 27.0. The number of phosphoric ester groups is 2. The molecule has 2 aliphatic rings. The lowest BCUT2D eigenvalue weighted by Gasteiger charge is -2.47. The van der Waals surface area contributed by atoms with E-state index in [-0.39, 0.29) is 38.5 Å². The number of ketones is 1. The standard InChI is InChI=1S/C102H190N2O32P2/c1-7-13-19-25-31-37-38-44-50-56-62-68-89(114)130-80(66-60-54-48-42-35-29-23-17-11-5)72-91(116)134-99-93(104-87(112)71-79(65-59-53-47-41-34-28-22-16-10-4)129-88(113)67-61-55-49-43-36-30-24-18-12-6)101(132-85(97(99)135-137(121,122)123)76-127-100(120)82(109)73-81(108)94(117)95(118)83(110)74-105)128-75-84-96(119)98(133-90(115)70-78(107)64-58-52-46-40-33-27-21-15-9-3)92(102(131-84)136-138(124,125)126)103-86(111)69-77(106)63-57-51-45-39-32-26-20-14-8-2/h77-81,83-85,92-99,101-102,105-108,110,117-119H,7-76H2,1-6H3,(H,103,111)(H,104,112)(H2,121,122,123)(H2,124,125,126)/t77-,78-,79-,80-,81-,83-,84-,85-,92-,93-,94-,95-,96-,97-,98-,99-,101-,102-/m1/s1. The van der Waals surface area contributed by atoms with Gasteiger partial charge in [0, 0.05) is 19.3 Å². The van der Waals surface area contributed by atoms with Gasteiger partial charge in [0.25, 0.3) is 0 Å². The minimum atomic E-state index is -6.01. The van der Waals surface area contributed by atoms with Gasteiger partial charge in [0.2, 0.25) is 17.6 Å². The van der Waals surface area contributed by atoms with Crippen LogP contribution in [0.4, 0.5) is 0 Å². The first-order valence-electron chi connectivity index (χ1n) is 54.1. The van der Waals surface area contributed by atoms with Crippen LogP contribution in [0.25, 0.3) is 0 Å². The van der Waals surface area contributed by atoms with Crippen LogP contribution in [-0.2, 0) is 94.4 Å². The summed E-state index contributed by atoms with van der Waals surface area (Å²) in [6, 6.07) is -4.23. The molecule has 2 aliphatic heterocycles. The number of ether oxygens (including phenoxy) is 8. The fourth-order valence-electron chi connectivity index (χ4n) is 17.8. The highest BCUT2D eigenvalue weighted by molar-refractivity contribution is 7.46. The predicted octanol–water partition coefficient (Wildman–Crippen LogP) is 17.5. The number of carbonyl (C=O) groups is 8. The molecule has 18 atom stereocenters. The van der Waals surface area contributed by atoms with E-state index in [0.29, 0.717) is 57.8 Å². The smallest absolute Gasteiger partial charge is 0.462 e. The Labute approximate surface area is 826 Å². The summed E-state index contributed by atoms with van der Waals surface area (Å²) in [5.74, 6) is -9.22.